The third kappa shape index (κ3) is 3.28. The zero-order valence-electron chi connectivity index (χ0n) is 15.3. The molecule has 1 N–H and O–H groups in total. The van der Waals surface area contributed by atoms with E-state index in [-0.39, 0.29) is 11.5 Å². The van der Waals surface area contributed by atoms with Crippen molar-refractivity contribution in [3.8, 4) is 11.5 Å². The van der Waals surface area contributed by atoms with Crippen molar-refractivity contribution in [2.24, 2.45) is 0 Å². The van der Waals surface area contributed by atoms with Crippen LogP contribution in [-0.4, -0.2) is 53.1 Å². The molecule has 148 valence electrons. The number of fused-ring (bicyclic) bond motifs is 1. The smallest absolute Gasteiger partial charge is 0.265 e. The molecule has 1 aliphatic rings. The Labute approximate surface area is 163 Å². The highest BCUT2D eigenvalue weighted by molar-refractivity contribution is 5.59. The highest BCUT2D eigenvalue weighted by atomic mass is 19.3. The first-order valence-corrected chi connectivity index (χ1v) is 9.26. The fraction of sp³-hybridized carbons (Fsp3) is 0.333. The van der Waals surface area contributed by atoms with E-state index in [1.54, 1.807) is 22.9 Å². The number of pyridine rings is 1. The standard InChI is InChI=1S/C18H17F2N9/c19-16(20)11-3-4-14-22-8-13(29(14)10-11)18-21-6-5-15(23-18)28-7-1-2-12(9-28)17-24-26-27-25-17/h3-6,8,10,12,16H,1-2,7,9H2,(H,24,25,26,27). The van der Waals surface area contributed by atoms with E-state index in [0.717, 1.165) is 31.7 Å². The first-order chi connectivity index (χ1) is 14.2. The topological polar surface area (TPSA) is 101 Å². The summed E-state index contributed by atoms with van der Waals surface area (Å²) < 4.78 is 27.8. The number of tetrazole rings is 1. The summed E-state index contributed by atoms with van der Waals surface area (Å²) in [5.41, 5.74) is 1.05. The molecule has 0 spiro atoms. The van der Waals surface area contributed by atoms with Gasteiger partial charge in [0.25, 0.3) is 6.43 Å². The fourth-order valence-corrected chi connectivity index (χ4v) is 3.68. The monoisotopic (exact) mass is 397 g/mol. The van der Waals surface area contributed by atoms with Crippen molar-refractivity contribution in [3.63, 3.8) is 0 Å². The first-order valence-electron chi connectivity index (χ1n) is 9.26. The molecule has 1 aliphatic heterocycles. The van der Waals surface area contributed by atoms with Gasteiger partial charge in [0.15, 0.2) is 11.6 Å². The minimum atomic E-state index is -2.56. The Morgan fingerprint density at radius 3 is 2.93 bits per heavy atom. The summed E-state index contributed by atoms with van der Waals surface area (Å²) in [6.07, 6.45) is 4.06. The van der Waals surface area contributed by atoms with Gasteiger partial charge < -0.3 is 4.90 Å². The molecule has 5 heterocycles. The molecule has 1 saturated heterocycles. The molecule has 0 amide bonds. The van der Waals surface area contributed by atoms with Crippen molar-refractivity contribution in [2.75, 3.05) is 18.0 Å². The van der Waals surface area contributed by atoms with Gasteiger partial charge in [0.2, 0.25) is 0 Å². The molecule has 1 unspecified atom stereocenters. The normalized spacial score (nSPS) is 17.3. The number of hydrogen-bond acceptors (Lipinski definition) is 7. The summed E-state index contributed by atoms with van der Waals surface area (Å²) in [6, 6.07) is 4.78. The molecule has 11 heteroatoms. The van der Waals surface area contributed by atoms with Crippen LogP contribution in [0.4, 0.5) is 14.6 Å². The van der Waals surface area contributed by atoms with Crippen LogP contribution < -0.4 is 4.90 Å². The van der Waals surface area contributed by atoms with E-state index in [4.69, 9.17) is 0 Å². The number of nitrogens with one attached hydrogen (secondary N) is 1. The largest absolute Gasteiger partial charge is 0.356 e. The number of H-pyrrole nitrogens is 1. The molecule has 0 aromatic carbocycles. The van der Waals surface area contributed by atoms with E-state index in [9.17, 15) is 8.78 Å². The van der Waals surface area contributed by atoms with Crippen molar-refractivity contribution in [1.29, 1.82) is 0 Å². The van der Waals surface area contributed by atoms with E-state index in [1.165, 1.54) is 12.3 Å². The number of imidazole rings is 1. The summed E-state index contributed by atoms with van der Waals surface area (Å²) in [4.78, 5) is 15.5. The van der Waals surface area contributed by atoms with Crippen LogP contribution in [0.2, 0.25) is 0 Å². The lowest BCUT2D eigenvalue weighted by molar-refractivity contribution is 0.151. The highest BCUT2D eigenvalue weighted by Crippen LogP contribution is 2.28. The Morgan fingerprint density at radius 2 is 2.10 bits per heavy atom. The molecule has 1 atom stereocenters. The van der Waals surface area contributed by atoms with Gasteiger partial charge in [-0.25, -0.2) is 23.7 Å². The zero-order valence-corrected chi connectivity index (χ0v) is 15.3. The van der Waals surface area contributed by atoms with Crippen LogP contribution in [-0.2, 0) is 0 Å². The molecule has 29 heavy (non-hydrogen) atoms. The predicted molar refractivity (Wildman–Crippen MR) is 99.5 cm³/mol. The Kier molecular flexibility index (Phi) is 4.34. The third-order valence-electron chi connectivity index (χ3n) is 5.12. The van der Waals surface area contributed by atoms with E-state index >= 15 is 0 Å². The molecule has 4 aromatic rings. The van der Waals surface area contributed by atoms with E-state index < -0.39 is 6.43 Å². The Bertz CT molecular complexity index is 1130. The Balaban J connectivity index is 1.47. The Hall–Kier alpha value is -3.50. The first kappa shape index (κ1) is 17.6. The third-order valence-corrected chi connectivity index (χ3v) is 5.12. The summed E-state index contributed by atoms with van der Waals surface area (Å²) in [7, 11) is 0. The van der Waals surface area contributed by atoms with Gasteiger partial charge in [-0.1, -0.05) is 5.21 Å². The van der Waals surface area contributed by atoms with Gasteiger partial charge in [-0.15, -0.1) is 10.2 Å². The molecule has 0 aliphatic carbocycles. The number of aromatic amines is 1. The van der Waals surface area contributed by atoms with Crippen LogP contribution in [0.15, 0.2) is 36.8 Å². The van der Waals surface area contributed by atoms with E-state index in [1.807, 2.05) is 6.07 Å². The van der Waals surface area contributed by atoms with E-state index in [2.05, 4.69) is 40.5 Å². The number of rotatable bonds is 4. The van der Waals surface area contributed by atoms with Gasteiger partial charge in [-0.05, 0) is 31.0 Å². The number of anilines is 1. The Morgan fingerprint density at radius 1 is 1.17 bits per heavy atom. The average molecular weight is 397 g/mol. The second-order valence-corrected chi connectivity index (χ2v) is 6.93. The number of aromatic nitrogens is 8. The van der Waals surface area contributed by atoms with Gasteiger partial charge in [-0.2, -0.15) is 5.21 Å². The minimum absolute atomic E-state index is 0.0770. The predicted octanol–water partition coefficient (Wildman–Crippen LogP) is 2.63. The van der Waals surface area contributed by atoms with Crippen LogP contribution >= 0.6 is 0 Å². The zero-order chi connectivity index (χ0) is 19.8. The summed E-state index contributed by atoms with van der Waals surface area (Å²) in [5.74, 6) is 2.07. The highest BCUT2D eigenvalue weighted by Gasteiger charge is 2.25. The molecule has 5 rings (SSSR count). The SMILES string of the molecule is FC(F)c1ccc2ncc(-c3nccc(N4CCCC(c5nn[nH]n5)C4)n3)n2c1. The molecule has 9 nitrogen and oxygen atoms in total. The lowest BCUT2D eigenvalue weighted by atomic mass is 9.97. The summed E-state index contributed by atoms with van der Waals surface area (Å²) in [6.45, 7) is 1.58. The van der Waals surface area contributed by atoms with Crippen molar-refractivity contribution in [2.45, 2.75) is 25.2 Å². The molecule has 0 radical (unpaired) electrons. The minimum Gasteiger partial charge on any atom is -0.356 e. The number of halogens is 2. The van der Waals surface area contributed by atoms with Gasteiger partial charge in [0.05, 0.1) is 6.20 Å². The molecule has 4 aromatic heterocycles. The number of piperidine rings is 1. The second kappa shape index (κ2) is 7.15. The van der Waals surface area contributed by atoms with E-state index in [0.29, 0.717) is 23.0 Å². The second-order valence-electron chi connectivity index (χ2n) is 6.93. The number of nitrogens with zero attached hydrogens (tertiary/aromatic N) is 8. The number of alkyl halides is 2. The fourth-order valence-electron chi connectivity index (χ4n) is 3.68. The molecule has 0 bridgehead atoms. The lowest BCUT2D eigenvalue weighted by Crippen LogP contribution is -2.35. The maximum Gasteiger partial charge on any atom is 0.265 e. The molecular weight excluding hydrogens is 380 g/mol. The van der Waals surface area contributed by atoms with Gasteiger partial charge in [-0.3, -0.25) is 4.40 Å². The molecule has 1 fully saturated rings. The average Bonchev–Trinajstić information content (AvgIpc) is 3.43. The van der Waals surface area contributed by atoms with Crippen molar-refractivity contribution >= 4 is 11.5 Å². The van der Waals surface area contributed by atoms with Gasteiger partial charge >= 0.3 is 0 Å². The maximum atomic E-state index is 13.1. The van der Waals surface area contributed by atoms with Gasteiger partial charge in [0, 0.05) is 37.0 Å². The van der Waals surface area contributed by atoms with Crippen LogP contribution in [0.1, 0.15) is 36.6 Å². The molecular formula is C18H17F2N9. The van der Waals surface area contributed by atoms with Gasteiger partial charge in [0.1, 0.15) is 17.2 Å². The molecule has 0 saturated carbocycles. The van der Waals surface area contributed by atoms with Crippen molar-refractivity contribution in [3.05, 3.63) is 48.2 Å². The van der Waals surface area contributed by atoms with Crippen LogP contribution in [0.3, 0.4) is 0 Å². The summed E-state index contributed by atoms with van der Waals surface area (Å²) in [5, 5.41) is 14.4. The van der Waals surface area contributed by atoms with Crippen LogP contribution in [0.5, 0.6) is 0 Å². The quantitative estimate of drug-likeness (QED) is 0.565. The van der Waals surface area contributed by atoms with Crippen LogP contribution in [0, 0.1) is 0 Å². The van der Waals surface area contributed by atoms with Crippen molar-refractivity contribution < 1.29 is 8.78 Å². The van der Waals surface area contributed by atoms with Crippen molar-refractivity contribution in [1.82, 2.24) is 40.0 Å². The summed E-state index contributed by atoms with van der Waals surface area (Å²) >= 11 is 0. The lowest BCUT2D eigenvalue weighted by Gasteiger charge is -2.32. The van der Waals surface area contributed by atoms with Crippen LogP contribution in [0.25, 0.3) is 17.2 Å². The number of hydrogen-bond donors (Lipinski definition) is 1. The maximum absolute atomic E-state index is 13.1.